The number of para-hydroxylation sites is 3. The van der Waals surface area contributed by atoms with E-state index in [1.165, 1.54) is 0 Å². The van der Waals surface area contributed by atoms with Gasteiger partial charge in [0, 0.05) is 33.1 Å². The average molecular weight is 422 g/mol. The molecule has 7 nitrogen and oxygen atoms in total. The van der Waals surface area contributed by atoms with Crippen molar-refractivity contribution in [2.45, 2.75) is 6.42 Å². The molecule has 1 saturated heterocycles. The highest BCUT2D eigenvalue weighted by molar-refractivity contribution is 6.34. The van der Waals surface area contributed by atoms with Crippen molar-refractivity contribution in [2.75, 3.05) is 41.4 Å². The fourth-order valence-electron chi connectivity index (χ4n) is 4.09. The zero-order valence-corrected chi connectivity index (χ0v) is 17.2. The van der Waals surface area contributed by atoms with E-state index in [0.29, 0.717) is 42.0 Å². The van der Waals surface area contributed by atoms with Crippen LogP contribution in [0.3, 0.4) is 0 Å². The van der Waals surface area contributed by atoms with Gasteiger partial charge in [0.2, 0.25) is 11.8 Å². The first-order valence-electron chi connectivity index (χ1n) is 9.87. The van der Waals surface area contributed by atoms with E-state index in [1.807, 2.05) is 48.3 Å². The van der Waals surface area contributed by atoms with Gasteiger partial charge in [0.1, 0.15) is 0 Å². The number of benzene rings is 2. The predicted molar refractivity (Wildman–Crippen MR) is 117 cm³/mol. The number of hydrogen-bond donors (Lipinski definition) is 0. The molecule has 0 aliphatic carbocycles. The third-order valence-electron chi connectivity index (χ3n) is 5.69. The Morgan fingerprint density at radius 2 is 1.67 bits per heavy atom. The van der Waals surface area contributed by atoms with Gasteiger partial charge in [-0.3, -0.25) is 14.5 Å². The summed E-state index contributed by atoms with van der Waals surface area (Å²) in [6, 6.07) is 14.8. The van der Waals surface area contributed by atoms with Crippen LogP contribution in [0.2, 0.25) is 5.02 Å². The average Bonchev–Trinajstić information content (AvgIpc) is 3.14. The van der Waals surface area contributed by atoms with Gasteiger partial charge in [-0.15, -0.1) is 0 Å². The standard InChI is InChI=1S/C22H20ClN5O2/c1-26-10-11-27(21-20(26)24-16-7-3-4-8-17(16)25-21)22(30)14-12-19(29)28(13-14)18-9-5-2-6-15(18)23/h2-9,14H,10-13H2,1H3/t14-/m1/s1. The van der Waals surface area contributed by atoms with Crippen molar-refractivity contribution in [1.29, 1.82) is 0 Å². The Bertz CT molecular complexity index is 1170. The summed E-state index contributed by atoms with van der Waals surface area (Å²) in [5, 5.41) is 0.501. The third kappa shape index (κ3) is 3.06. The topological polar surface area (TPSA) is 69.6 Å². The largest absolute Gasteiger partial charge is 0.355 e. The quantitative estimate of drug-likeness (QED) is 0.635. The number of hydrogen-bond acceptors (Lipinski definition) is 5. The number of aromatic nitrogens is 2. The van der Waals surface area contributed by atoms with Crippen molar-refractivity contribution in [3.8, 4) is 0 Å². The SMILES string of the molecule is CN1CCN(C(=O)[C@@H]2CC(=O)N(c3ccccc3Cl)C2)c2nc3ccccc3nc21. The zero-order chi connectivity index (χ0) is 20.8. The molecule has 0 N–H and O–H groups in total. The summed E-state index contributed by atoms with van der Waals surface area (Å²) < 4.78 is 0. The Labute approximate surface area is 178 Å². The second-order valence-corrected chi connectivity index (χ2v) is 8.03. The van der Waals surface area contributed by atoms with Crippen LogP contribution < -0.4 is 14.7 Å². The zero-order valence-electron chi connectivity index (χ0n) is 16.5. The van der Waals surface area contributed by atoms with Crippen molar-refractivity contribution in [3.63, 3.8) is 0 Å². The van der Waals surface area contributed by atoms with Crippen molar-refractivity contribution < 1.29 is 9.59 Å². The van der Waals surface area contributed by atoms with Gasteiger partial charge in [0.25, 0.3) is 0 Å². The summed E-state index contributed by atoms with van der Waals surface area (Å²) in [6.45, 7) is 1.47. The van der Waals surface area contributed by atoms with Gasteiger partial charge in [0.05, 0.1) is 27.7 Å². The molecule has 2 aliphatic heterocycles. The summed E-state index contributed by atoms with van der Waals surface area (Å²) in [4.78, 5) is 40.8. The van der Waals surface area contributed by atoms with Crippen molar-refractivity contribution in [3.05, 3.63) is 53.6 Å². The molecule has 0 bridgehead atoms. The molecular weight excluding hydrogens is 402 g/mol. The summed E-state index contributed by atoms with van der Waals surface area (Å²) in [5.41, 5.74) is 2.17. The molecule has 5 rings (SSSR count). The van der Waals surface area contributed by atoms with E-state index in [1.54, 1.807) is 21.9 Å². The number of amides is 2. The highest BCUT2D eigenvalue weighted by Crippen LogP contribution is 2.35. The van der Waals surface area contributed by atoms with E-state index in [4.69, 9.17) is 21.6 Å². The summed E-state index contributed by atoms with van der Waals surface area (Å²) in [7, 11) is 1.95. The molecule has 0 saturated carbocycles. The lowest BCUT2D eigenvalue weighted by Gasteiger charge is -2.34. The number of anilines is 3. The molecule has 8 heteroatoms. The van der Waals surface area contributed by atoms with Crippen molar-refractivity contribution >= 4 is 51.8 Å². The molecule has 3 heterocycles. The molecular formula is C22H20ClN5O2. The molecule has 2 aliphatic rings. The minimum Gasteiger partial charge on any atom is -0.355 e. The Balaban J connectivity index is 1.46. The predicted octanol–water partition coefficient (Wildman–Crippen LogP) is 3.12. The van der Waals surface area contributed by atoms with E-state index < -0.39 is 5.92 Å². The van der Waals surface area contributed by atoms with Gasteiger partial charge in [-0.2, -0.15) is 0 Å². The fraction of sp³-hybridized carbons (Fsp3) is 0.273. The molecule has 1 fully saturated rings. The van der Waals surface area contributed by atoms with Crippen LogP contribution in [-0.4, -0.2) is 48.5 Å². The van der Waals surface area contributed by atoms with Gasteiger partial charge >= 0.3 is 0 Å². The molecule has 0 spiro atoms. The van der Waals surface area contributed by atoms with Crippen LogP contribution in [0.1, 0.15) is 6.42 Å². The van der Waals surface area contributed by atoms with E-state index in [2.05, 4.69) is 0 Å². The van der Waals surface area contributed by atoms with Gasteiger partial charge in [0.15, 0.2) is 11.6 Å². The van der Waals surface area contributed by atoms with Crippen molar-refractivity contribution in [1.82, 2.24) is 9.97 Å². The monoisotopic (exact) mass is 421 g/mol. The first-order chi connectivity index (χ1) is 14.5. The van der Waals surface area contributed by atoms with Crippen LogP contribution in [0.5, 0.6) is 0 Å². The highest BCUT2D eigenvalue weighted by Gasteiger charge is 2.40. The number of nitrogens with zero attached hydrogens (tertiary/aromatic N) is 5. The number of fused-ring (bicyclic) bond motifs is 2. The van der Waals surface area contributed by atoms with E-state index in [-0.39, 0.29) is 18.2 Å². The molecule has 3 aromatic rings. The molecule has 30 heavy (non-hydrogen) atoms. The van der Waals surface area contributed by atoms with Crippen LogP contribution in [0.4, 0.5) is 17.3 Å². The molecule has 1 atom stereocenters. The van der Waals surface area contributed by atoms with E-state index in [9.17, 15) is 9.59 Å². The first-order valence-corrected chi connectivity index (χ1v) is 10.2. The second-order valence-electron chi connectivity index (χ2n) is 7.63. The lowest BCUT2D eigenvalue weighted by molar-refractivity contribution is -0.124. The molecule has 1 aromatic heterocycles. The van der Waals surface area contributed by atoms with Gasteiger partial charge < -0.3 is 9.80 Å². The molecule has 2 amide bonds. The number of carbonyl (C=O) groups is 2. The normalized spacial score (nSPS) is 18.8. The fourth-order valence-corrected chi connectivity index (χ4v) is 4.33. The minimum absolute atomic E-state index is 0.0969. The second kappa shape index (κ2) is 7.25. The molecule has 0 unspecified atom stereocenters. The van der Waals surface area contributed by atoms with Crippen LogP contribution in [0.15, 0.2) is 48.5 Å². The van der Waals surface area contributed by atoms with Crippen LogP contribution >= 0.6 is 11.6 Å². The Hall–Kier alpha value is -3.19. The van der Waals surface area contributed by atoms with Gasteiger partial charge in [-0.25, -0.2) is 9.97 Å². The Morgan fingerprint density at radius 1 is 1.00 bits per heavy atom. The van der Waals surface area contributed by atoms with E-state index >= 15 is 0 Å². The number of carbonyl (C=O) groups excluding carboxylic acids is 2. The van der Waals surface area contributed by atoms with E-state index in [0.717, 1.165) is 11.0 Å². The Morgan fingerprint density at radius 3 is 2.40 bits per heavy atom. The summed E-state index contributed by atoms with van der Waals surface area (Å²) in [6.07, 6.45) is 0.159. The van der Waals surface area contributed by atoms with Crippen LogP contribution in [-0.2, 0) is 9.59 Å². The number of rotatable bonds is 2. The van der Waals surface area contributed by atoms with Gasteiger partial charge in [-0.05, 0) is 24.3 Å². The third-order valence-corrected chi connectivity index (χ3v) is 6.01. The maximum Gasteiger partial charge on any atom is 0.233 e. The lowest BCUT2D eigenvalue weighted by Crippen LogP contribution is -2.46. The van der Waals surface area contributed by atoms with Crippen LogP contribution in [0, 0.1) is 5.92 Å². The summed E-state index contributed by atoms with van der Waals surface area (Å²) >= 11 is 6.27. The van der Waals surface area contributed by atoms with Crippen molar-refractivity contribution in [2.24, 2.45) is 5.92 Å². The minimum atomic E-state index is -0.446. The summed E-state index contributed by atoms with van der Waals surface area (Å²) in [5.74, 6) is 0.590. The highest BCUT2D eigenvalue weighted by atomic mass is 35.5. The molecule has 2 aromatic carbocycles. The molecule has 0 radical (unpaired) electrons. The van der Waals surface area contributed by atoms with Crippen LogP contribution in [0.25, 0.3) is 11.0 Å². The number of halogens is 1. The molecule has 152 valence electrons. The smallest absolute Gasteiger partial charge is 0.233 e. The maximum atomic E-state index is 13.4. The first kappa shape index (κ1) is 18.8. The Kier molecular flexibility index (Phi) is 4.55. The van der Waals surface area contributed by atoms with Gasteiger partial charge in [-0.1, -0.05) is 35.9 Å². The lowest BCUT2D eigenvalue weighted by atomic mass is 10.1. The number of likely N-dealkylation sites (N-methyl/N-ethyl adjacent to an activating group) is 1. The maximum absolute atomic E-state index is 13.4.